The van der Waals surface area contributed by atoms with E-state index in [0.29, 0.717) is 42.6 Å². The lowest BCUT2D eigenvalue weighted by atomic mass is 10.1. The summed E-state index contributed by atoms with van der Waals surface area (Å²) in [6.45, 7) is 9.10. The van der Waals surface area contributed by atoms with Crippen LogP contribution in [0, 0.1) is 13.8 Å². The van der Waals surface area contributed by atoms with E-state index < -0.39 is 5.25 Å². The number of benzene rings is 2. The number of ether oxygens (including phenoxy) is 1. The molecule has 1 unspecified atom stereocenters. The number of anilines is 1. The van der Waals surface area contributed by atoms with Crippen molar-refractivity contribution in [3.63, 3.8) is 0 Å². The number of Topliss-reactive ketones (excluding diaryl/α,β-unsaturated/α-hetero) is 1. The molecule has 1 N–H and O–H groups in total. The predicted molar refractivity (Wildman–Crippen MR) is 137 cm³/mol. The van der Waals surface area contributed by atoms with Crippen LogP contribution in [0.25, 0.3) is 0 Å². The molecule has 2 aromatic rings. The fourth-order valence-corrected chi connectivity index (χ4v) is 4.69. The van der Waals surface area contributed by atoms with Gasteiger partial charge in [0.15, 0.2) is 11.0 Å². The third-order valence-corrected chi connectivity index (χ3v) is 6.60. The number of aryl methyl sites for hydroxylation is 2. The summed E-state index contributed by atoms with van der Waals surface area (Å²) in [5.41, 5.74) is 4.10. The minimum atomic E-state index is -0.549. The molecule has 0 saturated carbocycles. The number of hydrogen-bond acceptors (Lipinski definition) is 6. The molecule has 0 aromatic heterocycles. The molecule has 8 heteroatoms. The molecule has 1 fully saturated rings. The zero-order valence-electron chi connectivity index (χ0n) is 20.1. The maximum atomic E-state index is 13.2. The van der Waals surface area contributed by atoms with Gasteiger partial charge >= 0.3 is 0 Å². The maximum Gasteiger partial charge on any atom is 0.242 e. The lowest BCUT2D eigenvalue weighted by Crippen LogP contribution is -2.34. The van der Waals surface area contributed by atoms with E-state index in [2.05, 4.69) is 5.32 Å². The molecule has 2 amide bonds. The topological polar surface area (TPSA) is 88.1 Å². The van der Waals surface area contributed by atoms with Crippen molar-refractivity contribution in [2.24, 2.45) is 4.99 Å². The Labute approximate surface area is 205 Å². The Balaban J connectivity index is 1.73. The third-order valence-electron chi connectivity index (χ3n) is 5.42. The van der Waals surface area contributed by atoms with E-state index in [1.807, 2.05) is 39.0 Å². The summed E-state index contributed by atoms with van der Waals surface area (Å²) in [4.78, 5) is 43.8. The number of rotatable bonds is 10. The van der Waals surface area contributed by atoms with E-state index in [9.17, 15) is 14.4 Å². The van der Waals surface area contributed by atoms with Gasteiger partial charge in [0, 0.05) is 37.4 Å². The standard InChI is InChI=1S/C26H31N3O4S/c1-5-33-14-6-13-29-25(32)23(34-26(29)28-22-15-17(2)7-8-18(22)3)16-24(31)27-21-11-9-20(10-12-21)19(4)30/h7-12,15,23H,5-6,13-14,16H2,1-4H3,(H,27,31). The smallest absolute Gasteiger partial charge is 0.242 e. The van der Waals surface area contributed by atoms with Crippen molar-refractivity contribution in [3.8, 4) is 0 Å². The van der Waals surface area contributed by atoms with Crippen LogP contribution in [0.5, 0.6) is 0 Å². The van der Waals surface area contributed by atoms with Crippen LogP contribution in [-0.4, -0.2) is 52.7 Å². The quantitative estimate of drug-likeness (QED) is 0.385. The second-order valence-electron chi connectivity index (χ2n) is 8.22. The highest BCUT2D eigenvalue weighted by molar-refractivity contribution is 8.15. The lowest BCUT2D eigenvalue weighted by molar-refractivity contribution is -0.128. The summed E-state index contributed by atoms with van der Waals surface area (Å²) in [7, 11) is 0. The van der Waals surface area contributed by atoms with E-state index >= 15 is 0 Å². The highest BCUT2D eigenvalue weighted by atomic mass is 32.2. The number of nitrogens with zero attached hydrogens (tertiary/aromatic N) is 2. The van der Waals surface area contributed by atoms with E-state index in [1.165, 1.54) is 18.7 Å². The molecule has 2 aromatic carbocycles. The minimum Gasteiger partial charge on any atom is -0.382 e. The van der Waals surface area contributed by atoms with Gasteiger partial charge in [-0.25, -0.2) is 4.99 Å². The van der Waals surface area contributed by atoms with Crippen molar-refractivity contribution >= 4 is 45.9 Å². The summed E-state index contributed by atoms with van der Waals surface area (Å²) >= 11 is 1.33. The number of ketones is 1. The van der Waals surface area contributed by atoms with Gasteiger partial charge in [-0.2, -0.15) is 0 Å². The van der Waals surface area contributed by atoms with Crippen LogP contribution in [0.3, 0.4) is 0 Å². The molecule has 3 rings (SSSR count). The monoisotopic (exact) mass is 481 g/mol. The molecule has 0 radical (unpaired) electrons. The van der Waals surface area contributed by atoms with Crippen LogP contribution in [0.1, 0.15) is 48.2 Å². The van der Waals surface area contributed by atoms with Crippen molar-refractivity contribution < 1.29 is 19.1 Å². The van der Waals surface area contributed by atoms with E-state index in [0.717, 1.165) is 16.8 Å². The molecule has 180 valence electrons. The van der Waals surface area contributed by atoms with E-state index in [-0.39, 0.29) is 24.0 Å². The molecule has 1 atom stereocenters. The first-order valence-corrected chi connectivity index (χ1v) is 12.3. The van der Waals surface area contributed by atoms with Gasteiger partial charge in [-0.1, -0.05) is 23.9 Å². The Bertz CT molecular complexity index is 1080. The lowest BCUT2D eigenvalue weighted by Gasteiger charge is -2.16. The van der Waals surface area contributed by atoms with Crippen molar-refractivity contribution in [2.45, 2.75) is 45.8 Å². The van der Waals surface area contributed by atoms with Crippen molar-refractivity contribution in [1.82, 2.24) is 4.90 Å². The van der Waals surface area contributed by atoms with Crippen molar-refractivity contribution in [2.75, 3.05) is 25.1 Å². The summed E-state index contributed by atoms with van der Waals surface area (Å²) in [5.74, 6) is -0.415. The molecular weight excluding hydrogens is 450 g/mol. The SMILES string of the molecule is CCOCCCN1C(=O)C(CC(=O)Nc2ccc(C(C)=O)cc2)SC1=Nc1cc(C)ccc1C. The first-order chi connectivity index (χ1) is 16.3. The van der Waals surface area contributed by atoms with Crippen molar-refractivity contribution in [3.05, 3.63) is 59.2 Å². The normalized spacial score (nSPS) is 16.8. The van der Waals surface area contributed by atoms with Crippen molar-refractivity contribution in [1.29, 1.82) is 0 Å². The number of amides is 2. The van der Waals surface area contributed by atoms with Gasteiger partial charge in [0.05, 0.1) is 5.69 Å². The van der Waals surface area contributed by atoms with Crippen LogP contribution in [0.2, 0.25) is 0 Å². The van der Waals surface area contributed by atoms with Gasteiger partial charge in [-0.3, -0.25) is 19.3 Å². The first kappa shape index (κ1) is 25.6. The van der Waals surface area contributed by atoms with E-state index in [4.69, 9.17) is 9.73 Å². The zero-order chi connectivity index (χ0) is 24.7. The average molecular weight is 482 g/mol. The van der Waals surface area contributed by atoms with Crippen LogP contribution < -0.4 is 5.32 Å². The molecule has 1 aliphatic heterocycles. The highest BCUT2D eigenvalue weighted by Gasteiger charge is 2.39. The Morgan fingerprint density at radius 1 is 1.15 bits per heavy atom. The molecule has 1 saturated heterocycles. The fraction of sp³-hybridized carbons (Fsp3) is 0.385. The summed E-state index contributed by atoms with van der Waals surface area (Å²) in [5, 5.41) is 2.88. The number of carbonyl (C=O) groups is 3. The largest absolute Gasteiger partial charge is 0.382 e. The summed E-state index contributed by atoms with van der Waals surface area (Å²) in [6, 6.07) is 12.7. The number of thioether (sulfide) groups is 1. The molecule has 0 bridgehead atoms. The average Bonchev–Trinajstić information content (AvgIpc) is 3.08. The zero-order valence-corrected chi connectivity index (χ0v) is 20.9. The van der Waals surface area contributed by atoms with Gasteiger partial charge in [-0.15, -0.1) is 0 Å². The molecule has 34 heavy (non-hydrogen) atoms. The maximum absolute atomic E-state index is 13.2. The van der Waals surface area contributed by atoms with Gasteiger partial charge in [-0.05, 0) is 75.6 Å². The summed E-state index contributed by atoms with van der Waals surface area (Å²) in [6.07, 6.45) is 0.721. The van der Waals surface area contributed by atoms with Gasteiger partial charge in [0.2, 0.25) is 11.8 Å². The third kappa shape index (κ3) is 6.77. The molecule has 1 aliphatic rings. The Hall–Kier alpha value is -2.97. The second kappa shape index (κ2) is 11.9. The molecule has 0 aliphatic carbocycles. The second-order valence-corrected chi connectivity index (χ2v) is 9.39. The minimum absolute atomic E-state index is 0.0335. The number of amidine groups is 1. The number of aliphatic imine (C=N–C) groups is 1. The first-order valence-electron chi connectivity index (χ1n) is 11.4. The Morgan fingerprint density at radius 2 is 1.88 bits per heavy atom. The van der Waals surface area contributed by atoms with E-state index in [1.54, 1.807) is 29.2 Å². The number of carbonyl (C=O) groups excluding carboxylic acids is 3. The molecule has 1 heterocycles. The van der Waals surface area contributed by atoms with Crippen LogP contribution in [0.4, 0.5) is 11.4 Å². The predicted octanol–water partition coefficient (Wildman–Crippen LogP) is 4.89. The Morgan fingerprint density at radius 3 is 2.56 bits per heavy atom. The van der Waals surface area contributed by atoms with Gasteiger partial charge in [0.25, 0.3) is 0 Å². The fourth-order valence-electron chi connectivity index (χ4n) is 3.51. The van der Waals surface area contributed by atoms with Gasteiger partial charge in [0.1, 0.15) is 5.25 Å². The molecule has 7 nitrogen and oxygen atoms in total. The molecular formula is C26H31N3O4S. The summed E-state index contributed by atoms with van der Waals surface area (Å²) < 4.78 is 5.43. The molecule has 0 spiro atoms. The van der Waals surface area contributed by atoms with Crippen LogP contribution >= 0.6 is 11.8 Å². The highest BCUT2D eigenvalue weighted by Crippen LogP contribution is 2.33. The number of nitrogens with one attached hydrogen (secondary N) is 1. The van der Waals surface area contributed by atoms with Crippen LogP contribution in [-0.2, 0) is 14.3 Å². The van der Waals surface area contributed by atoms with Crippen LogP contribution in [0.15, 0.2) is 47.5 Å². The van der Waals surface area contributed by atoms with Gasteiger partial charge < -0.3 is 10.1 Å². The number of hydrogen-bond donors (Lipinski definition) is 1. The Kier molecular flexibility index (Phi) is 9.01.